The second-order valence-electron chi connectivity index (χ2n) is 6.10. The Bertz CT molecular complexity index is 984. The van der Waals surface area contributed by atoms with Crippen LogP contribution in [0.25, 0.3) is 11.0 Å². The third-order valence-corrected chi connectivity index (χ3v) is 5.22. The van der Waals surface area contributed by atoms with Crippen molar-refractivity contribution in [2.75, 3.05) is 0 Å². The van der Waals surface area contributed by atoms with Crippen LogP contribution in [0.3, 0.4) is 0 Å². The average Bonchev–Trinajstić information content (AvgIpc) is 3.06. The van der Waals surface area contributed by atoms with Gasteiger partial charge in [-0.1, -0.05) is 35.5 Å². The molecule has 0 aliphatic carbocycles. The van der Waals surface area contributed by atoms with Crippen LogP contribution in [0.1, 0.15) is 30.0 Å². The molecule has 2 aromatic carbocycles. The Morgan fingerprint density at radius 3 is 2.77 bits per heavy atom. The molecule has 4 rings (SSSR count). The van der Waals surface area contributed by atoms with Crippen LogP contribution in [0.2, 0.25) is 0 Å². The van der Waals surface area contributed by atoms with Gasteiger partial charge in [0.2, 0.25) is 17.4 Å². The summed E-state index contributed by atoms with van der Waals surface area (Å²) in [6, 6.07) is 13.6. The van der Waals surface area contributed by atoms with Crippen LogP contribution in [0, 0.1) is 3.57 Å². The van der Waals surface area contributed by atoms with E-state index < -0.39 is 5.92 Å². The number of carbonyl (C=O) groups excluding carboxylic acids is 2. The highest BCUT2D eigenvalue weighted by Gasteiger charge is 2.32. The number of nitrogens with zero attached hydrogens (tertiary/aromatic N) is 1. The molecule has 6 nitrogen and oxygen atoms in total. The summed E-state index contributed by atoms with van der Waals surface area (Å²) in [4.78, 5) is 23.5. The van der Waals surface area contributed by atoms with E-state index in [1.165, 1.54) is 0 Å². The number of aromatic nitrogens is 1. The molecule has 7 heteroatoms. The highest BCUT2D eigenvalue weighted by molar-refractivity contribution is 14.1. The van der Waals surface area contributed by atoms with Gasteiger partial charge in [-0.25, -0.2) is 0 Å². The minimum atomic E-state index is -0.490. The second kappa shape index (κ2) is 7.06. The lowest BCUT2D eigenvalue weighted by Crippen LogP contribution is -2.39. The molecule has 1 aliphatic rings. The number of hydrogen-bond acceptors (Lipinski definition) is 5. The summed E-state index contributed by atoms with van der Waals surface area (Å²) in [5, 5.41) is 7.22. The molecule has 1 saturated heterocycles. The maximum Gasteiger partial charge on any atom is 0.235 e. The van der Waals surface area contributed by atoms with E-state index in [-0.39, 0.29) is 11.8 Å². The molecule has 26 heavy (non-hydrogen) atoms. The lowest BCUT2D eigenvalue weighted by atomic mass is 9.93. The SMILES string of the molecule is O=C1CCC(c2noc3c(OCc4ccccc4)c(I)ccc23)C(=O)N1. The van der Waals surface area contributed by atoms with Gasteiger partial charge in [0.1, 0.15) is 12.3 Å². The van der Waals surface area contributed by atoms with E-state index in [1.54, 1.807) is 0 Å². The number of ether oxygens (including phenoxy) is 1. The molecule has 3 aromatic rings. The zero-order valence-corrected chi connectivity index (χ0v) is 15.9. The lowest BCUT2D eigenvalue weighted by Gasteiger charge is -2.18. The number of piperidine rings is 1. The number of carbonyl (C=O) groups is 2. The van der Waals surface area contributed by atoms with Gasteiger partial charge in [-0.05, 0) is 46.7 Å². The largest absolute Gasteiger partial charge is 0.484 e. The van der Waals surface area contributed by atoms with Crippen LogP contribution >= 0.6 is 22.6 Å². The van der Waals surface area contributed by atoms with E-state index in [9.17, 15) is 9.59 Å². The van der Waals surface area contributed by atoms with E-state index >= 15 is 0 Å². The topological polar surface area (TPSA) is 81.4 Å². The average molecular weight is 462 g/mol. The third-order valence-electron chi connectivity index (χ3n) is 4.37. The van der Waals surface area contributed by atoms with E-state index in [2.05, 4.69) is 33.1 Å². The van der Waals surface area contributed by atoms with Crippen molar-refractivity contribution in [2.24, 2.45) is 0 Å². The fraction of sp³-hybridized carbons (Fsp3) is 0.211. The Hall–Kier alpha value is -2.42. The quantitative estimate of drug-likeness (QED) is 0.474. The minimum absolute atomic E-state index is 0.250. The highest BCUT2D eigenvalue weighted by atomic mass is 127. The van der Waals surface area contributed by atoms with Gasteiger partial charge >= 0.3 is 0 Å². The van der Waals surface area contributed by atoms with Crippen molar-refractivity contribution in [1.82, 2.24) is 10.5 Å². The second-order valence-corrected chi connectivity index (χ2v) is 7.26. The van der Waals surface area contributed by atoms with Crippen molar-refractivity contribution in [2.45, 2.75) is 25.4 Å². The highest BCUT2D eigenvalue weighted by Crippen LogP contribution is 2.37. The summed E-state index contributed by atoms with van der Waals surface area (Å²) in [6.45, 7) is 0.407. The molecule has 1 aliphatic heterocycles. The maximum absolute atomic E-state index is 12.2. The Balaban J connectivity index is 1.67. The first-order valence-corrected chi connectivity index (χ1v) is 9.29. The number of halogens is 1. The predicted octanol–water partition coefficient (Wildman–Crippen LogP) is 3.53. The summed E-state index contributed by atoms with van der Waals surface area (Å²) >= 11 is 2.18. The third kappa shape index (κ3) is 3.18. The number of fused-ring (bicyclic) bond motifs is 1. The molecule has 1 aromatic heterocycles. The van der Waals surface area contributed by atoms with E-state index in [0.29, 0.717) is 36.5 Å². The van der Waals surface area contributed by atoms with Crippen molar-refractivity contribution in [3.63, 3.8) is 0 Å². The summed E-state index contributed by atoms with van der Waals surface area (Å²) in [5.74, 6) is -0.462. The summed E-state index contributed by atoms with van der Waals surface area (Å²) in [5.41, 5.74) is 2.11. The molecule has 2 amide bonds. The van der Waals surface area contributed by atoms with Crippen LogP contribution in [0.15, 0.2) is 47.0 Å². The summed E-state index contributed by atoms with van der Waals surface area (Å²) < 4.78 is 12.4. The summed E-state index contributed by atoms with van der Waals surface area (Å²) in [7, 11) is 0. The molecule has 0 spiro atoms. The van der Waals surface area contributed by atoms with Gasteiger partial charge in [-0.15, -0.1) is 0 Å². The minimum Gasteiger partial charge on any atom is -0.484 e. The van der Waals surface area contributed by atoms with Crippen LogP contribution in [0.5, 0.6) is 5.75 Å². The van der Waals surface area contributed by atoms with Gasteiger partial charge in [-0.2, -0.15) is 0 Å². The number of hydrogen-bond donors (Lipinski definition) is 1. The van der Waals surface area contributed by atoms with E-state index in [4.69, 9.17) is 9.26 Å². The molecular formula is C19H15IN2O4. The normalized spacial score (nSPS) is 17.3. The number of nitrogens with one attached hydrogen (secondary N) is 1. The lowest BCUT2D eigenvalue weighted by molar-refractivity contribution is -0.134. The molecule has 0 saturated carbocycles. The Labute approximate surface area is 163 Å². The zero-order chi connectivity index (χ0) is 18.1. The van der Waals surface area contributed by atoms with Gasteiger partial charge < -0.3 is 9.26 Å². The molecule has 132 valence electrons. The first-order valence-electron chi connectivity index (χ1n) is 8.21. The molecule has 0 radical (unpaired) electrons. The van der Waals surface area contributed by atoms with Crippen LogP contribution in [-0.2, 0) is 16.2 Å². The standard InChI is InChI=1S/C19H15IN2O4/c20-14-8-6-12-16(13-7-9-15(23)21-19(13)24)22-26-17(12)18(14)25-10-11-4-2-1-3-5-11/h1-6,8,13H,7,9-10H2,(H,21,23,24). The van der Waals surface area contributed by atoms with Crippen LogP contribution in [-0.4, -0.2) is 17.0 Å². The molecule has 0 bridgehead atoms. The monoisotopic (exact) mass is 462 g/mol. The molecule has 2 heterocycles. The summed E-state index contributed by atoms with van der Waals surface area (Å²) in [6.07, 6.45) is 0.727. The first kappa shape index (κ1) is 17.0. The van der Waals surface area contributed by atoms with Gasteiger partial charge in [-0.3, -0.25) is 14.9 Å². The first-order chi connectivity index (χ1) is 12.6. The number of rotatable bonds is 4. The fourth-order valence-corrected chi connectivity index (χ4v) is 3.63. The predicted molar refractivity (Wildman–Crippen MR) is 103 cm³/mol. The molecule has 1 unspecified atom stereocenters. The van der Waals surface area contributed by atoms with Crippen molar-refractivity contribution >= 4 is 45.4 Å². The smallest absolute Gasteiger partial charge is 0.235 e. The Kier molecular flexibility index (Phi) is 4.62. The maximum atomic E-state index is 12.2. The molecule has 1 atom stereocenters. The van der Waals surface area contributed by atoms with Gasteiger partial charge in [0, 0.05) is 11.8 Å². The van der Waals surface area contributed by atoms with Crippen LogP contribution < -0.4 is 10.1 Å². The van der Waals surface area contributed by atoms with Crippen molar-refractivity contribution in [1.29, 1.82) is 0 Å². The van der Waals surface area contributed by atoms with Crippen LogP contribution in [0.4, 0.5) is 0 Å². The van der Waals surface area contributed by atoms with Crippen molar-refractivity contribution in [3.05, 3.63) is 57.3 Å². The number of amides is 2. The number of imide groups is 1. The fourth-order valence-electron chi connectivity index (χ4n) is 3.04. The van der Waals surface area contributed by atoms with Crippen molar-refractivity contribution < 1.29 is 18.8 Å². The van der Waals surface area contributed by atoms with E-state index in [1.807, 2.05) is 42.5 Å². The Morgan fingerprint density at radius 1 is 1.19 bits per heavy atom. The van der Waals surface area contributed by atoms with Gasteiger partial charge in [0.15, 0.2) is 5.75 Å². The van der Waals surface area contributed by atoms with Gasteiger partial charge in [0.05, 0.1) is 9.49 Å². The Morgan fingerprint density at radius 2 is 2.00 bits per heavy atom. The van der Waals surface area contributed by atoms with Gasteiger partial charge in [0.25, 0.3) is 0 Å². The van der Waals surface area contributed by atoms with E-state index in [0.717, 1.165) is 14.5 Å². The molecular weight excluding hydrogens is 447 g/mol. The zero-order valence-electron chi connectivity index (χ0n) is 13.7. The molecule has 1 fully saturated rings. The molecule has 1 N–H and O–H groups in total. The van der Waals surface area contributed by atoms with Crippen molar-refractivity contribution in [3.8, 4) is 5.75 Å². The number of benzene rings is 2.